The third-order valence-corrected chi connectivity index (χ3v) is 3.53. The van der Waals surface area contributed by atoms with Crippen molar-refractivity contribution >= 4 is 9.84 Å². The predicted octanol–water partition coefficient (Wildman–Crippen LogP) is 0.199. The van der Waals surface area contributed by atoms with Gasteiger partial charge in [-0.1, -0.05) is 12.1 Å². The molecule has 1 aromatic heterocycles. The smallest absolute Gasteiger partial charge is 0.151 e. The number of nitrogens with zero attached hydrogens (tertiary/aromatic N) is 1. The lowest BCUT2D eigenvalue weighted by Crippen LogP contribution is -2.23. The van der Waals surface area contributed by atoms with Gasteiger partial charge in [0, 0.05) is 18.4 Å². The lowest BCUT2D eigenvalue weighted by atomic mass is 10.4. The van der Waals surface area contributed by atoms with Gasteiger partial charge < -0.3 is 9.84 Å². The molecule has 1 heterocycles. The Morgan fingerprint density at radius 1 is 1.57 bits per heavy atom. The predicted molar refractivity (Wildman–Crippen MR) is 52.5 cm³/mol. The molecule has 1 rings (SSSR count). The van der Waals surface area contributed by atoms with E-state index in [0.717, 1.165) is 0 Å². The van der Waals surface area contributed by atoms with Crippen LogP contribution < -0.4 is 5.32 Å². The molecule has 0 bridgehead atoms. The molecule has 1 aromatic rings. The van der Waals surface area contributed by atoms with Crippen LogP contribution in [0, 0.1) is 0 Å². The zero-order chi connectivity index (χ0) is 10.4. The molecule has 0 spiro atoms. The van der Waals surface area contributed by atoms with Crippen LogP contribution in [0.1, 0.15) is 12.7 Å². The van der Waals surface area contributed by atoms with E-state index in [9.17, 15) is 8.42 Å². The Balaban J connectivity index is 2.17. The summed E-state index contributed by atoms with van der Waals surface area (Å²) in [4.78, 5) is 0. The van der Waals surface area contributed by atoms with Crippen molar-refractivity contribution in [2.75, 3.05) is 18.1 Å². The molecule has 14 heavy (non-hydrogen) atoms. The average molecular weight is 218 g/mol. The van der Waals surface area contributed by atoms with Gasteiger partial charge in [-0.3, -0.25) is 0 Å². The second kappa shape index (κ2) is 5.11. The standard InChI is InChI=1S/C8H14N2O3S/c1-2-14(11,12)6-5-9-7-8-3-4-10-13-8/h3-4,9H,2,5-7H2,1H3. The van der Waals surface area contributed by atoms with Crippen LogP contribution in [0.15, 0.2) is 16.8 Å². The van der Waals surface area contributed by atoms with E-state index >= 15 is 0 Å². The fraction of sp³-hybridized carbons (Fsp3) is 0.625. The van der Waals surface area contributed by atoms with Gasteiger partial charge in [0.2, 0.25) is 0 Å². The third-order valence-electron chi connectivity index (χ3n) is 1.82. The molecule has 5 nitrogen and oxygen atoms in total. The van der Waals surface area contributed by atoms with Crippen LogP contribution in [-0.2, 0) is 16.4 Å². The minimum Gasteiger partial charge on any atom is -0.360 e. The van der Waals surface area contributed by atoms with Crippen molar-refractivity contribution in [1.29, 1.82) is 0 Å². The van der Waals surface area contributed by atoms with Gasteiger partial charge in [-0.05, 0) is 0 Å². The zero-order valence-electron chi connectivity index (χ0n) is 8.06. The van der Waals surface area contributed by atoms with Crippen LogP contribution >= 0.6 is 0 Å². The van der Waals surface area contributed by atoms with Crippen LogP contribution in [-0.4, -0.2) is 31.6 Å². The number of sulfone groups is 1. The van der Waals surface area contributed by atoms with Crippen molar-refractivity contribution in [1.82, 2.24) is 10.5 Å². The fourth-order valence-corrected chi connectivity index (χ4v) is 1.66. The summed E-state index contributed by atoms with van der Waals surface area (Å²) in [5, 5.41) is 6.50. The lowest BCUT2D eigenvalue weighted by molar-refractivity contribution is 0.374. The first-order valence-electron chi connectivity index (χ1n) is 4.45. The van der Waals surface area contributed by atoms with E-state index in [1.165, 1.54) is 0 Å². The average Bonchev–Trinajstić information content (AvgIpc) is 2.65. The Bertz CT molecular complexity index is 345. The monoisotopic (exact) mass is 218 g/mol. The zero-order valence-corrected chi connectivity index (χ0v) is 8.88. The van der Waals surface area contributed by atoms with E-state index < -0.39 is 9.84 Å². The third kappa shape index (κ3) is 3.89. The minimum absolute atomic E-state index is 0.164. The number of rotatable bonds is 6. The summed E-state index contributed by atoms with van der Waals surface area (Å²) in [7, 11) is -2.87. The molecule has 6 heteroatoms. The van der Waals surface area contributed by atoms with Gasteiger partial charge in [0.25, 0.3) is 0 Å². The highest BCUT2D eigenvalue weighted by Gasteiger charge is 2.06. The first-order valence-corrected chi connectivity index (χ1v) is 6.27. The molecule has 0 atom stereocenters. The summed E-state index contributed by atoms with van der Waals surface area (Å²) in [6.45, 7) is 2.60. The van der Waals surface area contributed by atoms with Crippen LogP contribution in [0.4, 0.5) is 0 Å². The van der Waals surface area contributed by atoms with Crippen molar-refractivity contribution in [2.45, 2.75) is 13.5 Å². The molecule has 0 radical (unpaired) electrons. The molecular formula is C8H14N2O3S. The molecule has 0 aliphatic rings. The maximum absolute atomic E-state index is 11.1. The largest absolute Gasteiger partial charge is 0.360 e. The van der Waals surface area contributed by atoms with E-state index in [1.807, 2.05) is 0 Å². The van der Waals surface area contributed by atoms with Crippen LogP contribution in [0.2, 0.25) is 0 Å². The van der Waals surface area contributed by atoms with Gasteiger partial charge in [-0.2, -0.15) is 0 Å². The van der Waals surface area contributed by atoms with Crippen molar-refractivity contribution < 1.29 is 12.9 Å². The van der Waals surface area contributed by atoms with Gasteiger partial charge >= 0.3 is 0 Å². The highest BCUT2D eigenvalue weighted by molar-refractivity contribution is 7.91. The van der Waals surface area contributed by atoms with Gasteiger partial charge in [0.1, 0.15) is 5.76 Å². The minimum atomic E-state index is -2.87. The van der Waals surface area contributed by atoms with Crippen LogP contribution in [0.3, 0.4) is 0 Å². The summed E-state index contributed by atoms with van der Waals surface area (Å²) >= 11 is 0. The van der Waals surface area contributed by atoms with Crippen LogP contribution in [0.25, 0.3) is 0 Å². The quantitative estimate of drug-likeness (QED) is 0.690. The van der Waals surface area contributed by atoms with E-state index in [0.29, 0.717) is 18.8 Å². The first-order chi connectivity index (χ1) is 6.64. The molecule has 0 aromatic carbocycles. The van der Waals surface area contributed by atoms with Gasteiger partial charge in [-0.15, -0.1) is 0 Å². The summed E-state index contributed by atoms with van der Waals surface area (Å²) in [5.41, 5.74) is 0. The van der Waals surface area contributed by atoms with Crippen molar-refractivity contribution in [3.8, 4) is 0 Å². The number of hydrogen-bond acceptors (Lipinski definition) is 5. The highest BCUT2D eigenvalue weighted by atomic mass is 32.2. The van der Waals surface area contributed by atoms with E-state index in [1.54, 1.807) is 19.2 Å². The maximum Gasteiger partial charge on any atom is 0.151 e. The molecular weight excluding hydrogens is 204 g/mol. The molecule has 0 saturated carbocycles. The molecule has 0 fully saturated rings. The van der Waals surface area contributed by atoms with E-state index in [-0.39, 0.29) is 11.5 Å². The van der Waals surface area contributed by atoms with Crippen molar-refractivity contribution in [2.24, 2.45) is 0 Å². The van der Waals surface area contributed by atoms with E-state index in [4.69, 9.17) is 4.52 Å². The molecule has 0 aliphatic heterocycles. The van der Waals surface area contributed by atoms with Crippen molar-refractivity contribution in [3.63, 3.8) is 0 Å². The molecule has 80 valence electrons. The SMILES string of the molecule is CCS(=O)(=O)CCNCc1ccno1. The van der Waals surface area contributed by atoms with Gasteiger partial charge in [-0.25, -0.2) is 8.42 Å². The second-order valence-corrected chi connectivity index (χ2v) is 5.36. The molecule has 0 unspecified atom stereocenters. The Kier molecular flexibility index (Phi) is 4.09. The van der Waals surface area contributed by atoms with E-state index in [2.05, 4.69) is 10.5 Å². The number of hydrogen-bond donors (Lipinski definition) is 1. The Hall–Kier alpha value is -0.880. The Labute approximate surface area is 83.4 Å². The fourth-order valence-electron chi connectivity index (χ4n) is 0.917. The Morgan fingerprint density at radius 2 is 2.36 bits per heavy atom. The molecule has 0 amide bonds. The van der Waals surface area contributed by atoms with Crippen LogP contribution in [0.5, 0.6) is 0 Å². The lowest BCUT2D eigenvalue weighted by Gasteiger charge is -2.01. The number of nitrogens with one attached hydrogen (secondary N) is 1. The number of aromatic nitrogens is 1. The van der Waals surface area contributed by atoms with Crippen molar-refractivity contribution in [3.05, 3.63) is 18.0 Å². The second-order valence-electron chi connectivity index (χ2n) is 2.89. The molecule has 1 N–H and O–H groups in total. The highest BCUT2D eigenvalue weighted by Crippen LogP contribution is 1.94. The molecule has 0 aliphatic carbocycles. The van der Waals surface area contributed by atoms with Gasteiger partial charge in [0.05, 0.1) is 18.5 Å². The summed E-state index contributed by atoms with van der Waals surface area (Å²) in [6, 6.07) is 1.74. The summed E-state index contributed by atoms with van der Waals surface area (Å²) < 4.78 is 27.0. The first kappa shape index (κ1) is 11.2. The Morgan fingerprint density at radius 3 is 2.93 bits per heavy atom. The van der Waals surface area contributed by atoms with Gasteiger partial charge in [0.15, 0.2) is 9.84 Å². The maximum atomic E-state index is 11.1. The normalized spacial score (nSPS) is 11.8. The molecule has 0 saturated heterocycles. The summed E-state index contributed by atoms with van der Waals surface area (Å²) in [6.07, 6.45) is 1.56. The topological polar surface area (TPSA) is 72.2 Å². The summed E-state index contributed by atoms with van der Waals surface area (Å²) in [5.74, 6) is 1.06.